The van der Waals surface area contributed by atoms with E-state index in [1.807, 2.05) is 24.3 Å². The first-order chi connectivity index (χ1) is 18.4. The maximum Gasteiger partial charge on any atom is 0.336 e. The quantitative estimate of drug-likeness (QED) is 0.302. The van der Waals surface area contributed by atoms with Crippen LogP contribution < -0.4 is 15.4 Å². The van der Waals surface area contributed by atoms with Gasteiger partial charge in [-0.15, -0.1) is 0 Å². The molecule has 198 valence electrons. The van der Waals surface area contributed by atoms with Crippen molar-refractivity contribution in [2.75, 3.05) is 26.3 Å². The van der Waals surface area contributed by atoms with Gasteiger partial charge in [-0.25, -0.2) is 9.18 Å². The number of nitrogens with one attached hydrogen (secondary N) is 2. The molecule has 0 amide bonds. The summed E-state index contributed by atoms with van der Waals surface area (Å²) in [6.45, 7) is 5.64. The van der Waals surface area contributed by atoms with E-state index in [2.05, 4.69) is 35.8 Å². The topological polar surface area (TPSA) is 59.6 Å². The summed E-state index contributed by atoms with van der Waals surface area (Å²) in [7, 11) is 0. The summed E-state index contributed by atoms with van der Waals surface area (Å²) >= 11 is 8.02. The first kappa shape index (κ1) is 26.6. The third kappa shape index (κ3) is 5.70. The molecular formula is C30H30ClFN2O3S. The van der Waals surface area contributed by atoms with Crippen LogP contribution in [0.2, 0.25) is 5.02 Å². The van der Waals surface area contributed by atoms with Gasteiger partial charge in [-0.05, 0) is 49.1 Å². The van der Waals surface area contributed by atoms with Crippen molar-refractivity contribution in [2.45, 2.75) is 31.1 Å². The Labute approximate surface area is 231 Å². The summed E-state index contributed by atoms with van der Waals surface area (Å²) in [5, 5.41) is 6.91. The van der Waals surface area contributed by atoms with E-state index in [4.69, 9.17) is 21.1 Å². The second-order valence-electron chi connectivity index (χ2n) is 9.58. The molecule has 2 atom stereocenters. The van der Waals surface area contributed by atoms with E-state index in [0.29, 0.717) is 30.3 Å². The summed E-state index contributed by atoms with van der Waals surface area (Å²) in [6.07, 6.45) is 7.60. The predicted molar refractivity (Wildman–Crippen MR) is 150 cm³/mol. The molecule has 2 heterocycles. The third-order valence-corrected chi connectivity index (χ3v) is 8.36. The van der Waals surface area contributed by atoms with Crippen LogP contribution in [0.5, 0.6) is 5.75 Å². The van der Waals surface area contributed by atoms with Crippen LogP contribution in [-0.2, 0) is 9.53 Å². The Morgan fingerprint density at radius 1 is 1.26 bits per heavy atom. The van der Waals surface area contributed by atoms with E-state index in [0.717, 1.165) is 27.7 Å². The van der Waals surface area contributed by atoms with Crippen molar-refractivity contribution < 1.29 is 18.7 Å². The smallest absolute Gasteiger partial charge is 0.336 e. The average Bonchev–Trinajstić information content (AvgIpc) is 3.08. The van der Waals surface area contributed by atoms with Crippen molar-refractivity contribution in [3.05, 3.63) is 105 Å². The molecule has 5 rings (SSSR count). The van der Waals surface area contributed by atoms with E-state index < -0.39 is 17.7 Å². The van der Waals surface area contributed by atoms with Gasteiger partial charge in [-0.3, -0.25) is 0 Å². The number of halogens is 2. The Balaban J connectivity index is 1.37. The number of carbonyl (C=O) groups is 1. The number of carbonyl (C=O) groups excluding carboxylic acids is 1. The molecule has 0 aromatic heterocycles. The summed E-state index contributed by atoms with van der Waals surface area (Å²) in [5.74, 6) is -0.411. The van der Waals surface area contributed by atoms with Crippen molar-refractivity contribution in [1.82, 2.24) is 10.6 Å². The molecule has 5 nitrogen and oxygen atoms in total. The molecule has 2 aliphatic heterocycles. The normalized spacial score (nSPS) is 20.6. The van der Waals surface area contributed by atoms with Crippen LogP contribution in [0.3, 0.4) is 0 Å². The van der Waals surface area contributed by atoms with Crippen LogP contribution in [0.1, 0.15) is 31.7 Å². The molecule has 8 heteroatoms. The van der Waals surface area contributed by atoms with Crippen molar-refractivity contribution in [3.8, 4) is 5.75 Å². The number of thioether (sulfide) groups is 1. The molecule has 38 heavy (non-hydrogen) atoms. The highest BCUT2D eigenvalue weighted by Gasteiger charge is 2.39. The number of dihydropyridines is 1. The minimum Gasteiger partial charge on any atom is -0.486 e. The number of para-hydroxylation sites is 1. The van der Waals surface area contributed by atoms with E-state index in [1.54, 1.807) is 19.1 Å². The lowest BCUT2D eigenvalue weighted by Gasteiger charge is -2.31. The van der Waals surface area contributed by atoms with Crippen molar-refractivity contribution in [2.24, 2.45) is 5.92 Å². The van der Waals surface area contributed by atoms with Gasteiger partial charge in [0, 0.05) is 34.3 Å². The van der Waals surface area contributed by atoms with Crippen LogP contribution in [-0.4, -0.2) is 32.3 Å². The molecule has 0 bridgehead atoms. The summed E-state index contributed by atoms with van der Waals surface area (Å²) in [5.41, 5.74) is 3.19. The lowest BCUT2D eigenvalue weighted by molar-refractivity contribution is -0.139. The molecule has 2 unspecified atom stereocenters. The zero-order valence-electron chi connectivity index (χ0n) is 21.4. The lowest BCUT2D eigenvalue weighted by atomic mass is 9.86. The maximum absolute atomic E-state index is 15.3. The largest absolute Gasteiger partial charge is 0.486 e. The van der Waals surface area contributed by atoms with Crippen molar-refractivity contribution in [1.29, 1.82) is 0 Å². The number of hydrogen-bond donors (Lipinski definition) is 2. The van der Waals surface area contributed by atoms with Crippen molar-refractivity contribution >= 4 is 29.3 Å². The van der Waals surface area contributed by atoms with Crippen LogP contribution in [0.4, 0.5) is 4.39 Å². The fraction of sp³-hybridized carbons (Fsp3) is 0.300. The van der Waals surface area contributed by atoms with Gasteiger partial charge in [0.15, 0.2) is 0 Å². The SMILES string of the molecule is CC1=C(C(=O)OCCNCC2=CCC(C)C=C2)C(c2c(F)cccc2Cl)C2=C(COc3ccccc3S2)N1. The standard InChI is InChI=1S/C30H30ClFN2O3S/c1-18-10-12-20(13-11-18)16-33-14-15-36-30(35)26-19(2)34-23-17-37-24-8-3-4-9-25(24)38-29(23)28(26)27-21(31)6-5-7-22(27)32/h3-10,12-13,18,28,33-34H,11,14-17H2,1-2H3. The number of fused-ring (bicyclic) bond motifs is 1. The molecule has 1 aliphatic carbocycles. The van der Waals surface area contributed by atoms with Crippen LogP contribution >= 0.6 is 23.4 Å². The zero-order chi connectivity index (χ0) is 26.6. The number of ether oxygens (including phenoxy) is 2. The molecule has 2 aromatic carbocycles. The van der Waals surface area contributed by atoms with Gasteiger partial charge in [0.2, 0.25) is 0 Å². The fourth-order valence-corrected chi connectivity index (χ4v) is 6.26. The minimum atomic E-state index is -0.736. The fourth-order valence-electron chi connectivity index (χ4n) is 4.79. The molecule has 3 aliphatic rings. The Morgan fingerprint density at radius 3 is 2.89 bits per heavy atom. The van der Waals surface area contributed by atoms with Crippen molar-refractivity contribution in [3.63, 3.8) is 0 Å². The Morgan fingerprint density at radius 2 is 2.11 bits per heavy atom. The highest BCUT2D eigenvalue weighted by molar-refractivity contribution is 8.03. The first-order valence-electron chi connectivity index (χ1n) is 12.7. The Hall–Kier alpha value is -3.00. The first-order valence-corrected chi connectivity index (χ1v) is 13.9. The Bertz CT molecular complexity index is 1350. The highest BCUT2D eigenvalue weighted by Crippen LogP contribution is 2.51. The molecule has 0 saturated heterocycles. The highest BCUT2D eigenvalue weighted by atomic mass is 35.5. The number of benzene rings is 2. The lowest BCUT2D eigenvalue weighted by Crippen LogP contribution is -2.32. The molecule has 0 fully saturated rings. The van der Waals surface area contributed by atoms with Gasteiger partial charge >= 0.3 is 5.97 Å². The Kier molecular flexibility index (Phi) is 8.27. The second kappa shape index (κ2) is 11.8. The van der Waals surface area contributed by atoms with E-state index >= 15 is 4.39 Å². The third-order valence-electron chi connectivity index (χ3n) is 6.77. The molecule has 0 radical (unpaired) electrons. The number of hydrogen-bond acceptors (Lipinski definition) is 6. The van der Waals surface area contributed by atoms with Gasteiger partial charge in [0.05, 0.1) is 22.1 Å². The van der Waals surface area contributed by atoms with Crippen LogP contribution in [0.15, 0.2) is 93.0 Å². The monoisotopic (exact) mass is 552 g/mol. The molecule has 0 saturated carbocycles. The van der Waals surface area contributed by atoms with Gasteiger partial charge < -0.3 is 20.1 Å². The van der Waals surface area contributed by atoms with Crippen LogP contribution in [0, 0.1) is 11.7 Å². The minimum absolute atomic E-state index is 0.186. The van der Waals surface area contributed by atoms with E-state index in [1.165, 1.54) is 23.4 Å². The predicted octanol–water partition coefficient (Wildman–Crippen LogP) is 6.49. The maximum atomic E-state index is 15.3. The van der Waals surface area contributed by atoms with E-state index in [-0.39, 0.29) is 23.8 Å². The molecule has 2 aromatic rings. The molecule has 0 spiro atoms. The summed E-state index contributed by atoms with van der Waals surface area (Å²) < 4.78 is 27.1. The number of esters is 1. The molecule has 2 N–H and O–H groups in total. The molecular weight excluding hydrogens is 523 g/mol. The van der Waals surface area contributed by atoms with E-state index in [9.17, 15) is 4.79 Å². The van der Waals surface area contributed by atoms with Gasteiger partial charge in [0.1, 0.15) is 24.8 Å². The van der Waals surface area contributed by atoms with Crippen LogP contribution in [0.25, 0.3) is 0 Å². The summed E-state index contributed by atoms with van der Waals surface area (Å²) in [6, 6.07) is 12.2. The average molecular weight is 553 g/mol. The summed E-state index contributed by atoms with van der Waals surface area (Å²) in [4.78, 5) is 15.2. The van der Waals surface area contributed by atoms with Gasteiger partial charge in [-0.1, -0.05) is 66.7 Å². The number of allylic oxidation sites excluding steroid dienone is 4. The van der Waals surface area contributed by atoms with Gasteiger partial charge in [0.25, 0.3) is 0 Å². The van der Waals surface area contributed by atoms with Gasteiger partial charge in [-0.2, -0.15) is 0 Å². The number of rotatable bonds is 7. The second-order valence-corrected chi connectivity index (χ2v) is 11.1. The zero-order valence-corrected chi connectivity index (χ0v) is 22.9.